The fraction of sp³-hybridized carbons (Fsp3) is 0.571. The molecule has 0 radical (unpaired) electrons. The number of alkyl halides is 3. The van der Waals surface area contributed by atoms with Gasteiger partial charge < -0.3 is 9.64 Å². The first-order valence-corrected chi connectivity index (χ1v) is 12.6. The maximum absolute atomic E-state index is 12.2. The van der Waals surface area contributed by atoms with Gasteiger partial charge in [0.15, 0.2) is 0 Å². The Kier molecular flexibility index (Phi) is 9.95. The van der Waals surface area contributed by atoms with Crippen molar-refractivity contribution in [2.24, 2.45) is 5.92 Å². The lowest BCUT2D eigenvalue weighted by molar-refractivity contribution is -0.136. The minimum Gasteiger partial charge on any atom is -0.494 e. The van der Waals surface area contributed by atoms with Crippen LogP contribution in [-0.2, 0) is 0 Å². The van der Waals surface area contributed by atoms with E-state index < -0.39 is 12.6 Å². The van der Waals surface area contributed by atoms with Crippen molar-refractivity contribution >= 4 is 5.69 Å². The third-order valence-corrected chi connectivity index (χ3v) is 6.62. The van der Waals surface area contributed by atoms with Gasteiger partial charge in [0.2, 0.25) is 0 Å². The molecule has 0 saturated carbocycles. The minimum atomic E-state index is -4.12. The van der Waals surface area contributed by atoms with E-state index in [-0.39, 0.29) is 13.0 Å². The summed E-state index contributed by atoms with van der Waals surface area (Å²) in [5.41, 5.74) is 3.49. The standard InChI is InChI=1S/C28H38F3NO/c1-2-3-4-5-6-8-23-17-20-32(21-18-23)26-13-9-24(10-14-26)25-11-15-27(16-12-25)33-22-7-19-28(29,30)31/h9-16,23H,2-8,17-22H2,1H3. The van der Waals surface area contributed by atoms with Crippen molar-refractivity contribution in [2.75, 3.05) is 24.6 Å². The topological polar surface area (TPSA) is 12.5 Å². The summed E-state index contributed by atoms with van der Waals surface area (Å²) in [7, 11) is 0. The summed E-state index contributed by atoms with van der Waals surface area (Å²) in [5.74, 6) is 1.49. The molecule has 1 fully saturated rings. The molecule has 2 nitrogen and oxygen atoms in total. The Labute approximate surface area is 197 Å². The van der Waals surface area contributed by atoms with E-state index in [1.165, 1.54) is 57.1 Å². The monoisotopic (exact) mass is 461 g/mol. The SMILES string of the molecule is CCCCCCCC1CCN(c2ccc(-c3ccc(OCCCC(F)(F)F)cc3)cc2)CC1. The van der Waals surface area contributed by atoms with Crippen molar-refractivity contribution in [3.63, 3.8) is 0 Å². The zero-order valence-electron chi connectivity index (χ0n) is 19.9. The summed E-state index contributed by atoms with van der Waals surface area (Å²) in [6, 6.07) is 16.3. The van der Waals surface area contributed by atoms with Gasteiger partial charge in [-0.1, -0.05) is 69.7 Å². The second-order valence-electron chi connectivity index (χ2n) is 9.27. The van der Waals surface area contributed by atoms with Crippen LogP contribution < -0.4 is 9.64 Å². The molecule has 2 aromatic rings. The van der Waals surface area contributed by atoms with Crippen molar-refractivity contribution in [2.45, 2.75) is 77.3 Å². The van der Waals surface area contributed by atoms with E-state index in [2.05, 4.69) is 36.1 Å². The lowest BCUT2D eigenvalue weighted by Gasteiger charge is -2.33. The summed E-state index contributed by atoms with van der Waals surface area (Å²) in [5, 5.41) is 0. The molecule has 182 valence electrons. The number of ether oxygens (including phenoxy) is 1. The summed E-state index contributed by atoms with van der Waals surface area (Å²) in [4.78, 5) is 2.50. The molecule has 3 rings (SSSR count). The summed E-state index contributed by atoms with van der Waals surface area (Å²) in [6.07, 6.45) is 5.86. The van der Waals surface area contributed by atoms with Gasteiger partial charge in [0, 0.05) is 25.2 Å². The van der Waals surface area contributed by atoms with E-state index in [1.807, 2.05) is 24.3 Å². The van der Waals surface area contributed by atoms with Crippen LogP contribution in [0.1, 0.15) is 71.1 Å². The van der Waals surface area contributed by atoms with Crippen molar-refractivity contribution in [1.29, 1.82) is 0 Å². The molecule has 0 bridgehead atoms. The van der Waals surface area contributed by atoms with Crippen LogP contribution in [0, 0.1) is 5.92 Å². The Morgan fingerprint density at radius 1 is 0.818 bits per heavy atom. The second-order valence-corrected chi connectivity index (χ2v) is 9.27. The van der Waals surface area contributed by atoms with Crippen LogP contribution in [0.15, 0.2) is 48.5 Å². The number of benzene rings is 2. The van der Waals surface area contributed by atoms with Crippen molar-refractivity contribution in [3.05, 3.63) is 48.5 Å². The first kappa shape index (κ1) is 25.5. The van der Waals surface area contributed by atoms with Crippen molar-refractivity contribution in [1.82, 2.24) is 0 Å². The van der Waals surface area contributed by atoms with Crippen LogP contribution in [0.25, 0.3) is 11.1 Å². The molecule has 0 unspecified atom stereocenters. The van der Waals surface area contributed by atoms with E-state index in [4.69, 9.17) is 4.74 Å². The molecule has 5 heteroatoms. The van der Waals surface area contributed by atoms with Gasteiger partial charge in [0.1, 0.15) is 5.75 Å². The maximum atomic E-state index is 12.2. The average Bonchev–Trinajstić information content (AvgIpc) is 2.82. The van der Waals surface area contributed by atoms with Crippen LogP contribution in [0.3, 0.4) is 0 Å². The number of piperidine rings is 1. The van der Waals surface area contributed by atoms with Crippen molar-refractivity contribution in [3.8, 4) is 16.9 Å². The molecule has 1 heterocycles. The molecule has 1 aliphatic heterocycles. The number of hydrogen-bond acceptors (Lipinski definition) is 2. The van der Waals surface area contributed by atoms with Crippen LogP contribution in [0.5, 0.6) is 5.75 Å². The van der Waals surface area contributed by atoms with Gasteiger partial charge in [-0.15, -0.1) is 0 Å². The van der Waals surface area contributed by atoms with Gasteiger partial charge in [0.25, 0.3) is 0 Å². The highest BCUT2D eigenvalue weighted by Gasteiger charge is 2.26. The number of hydrogen-bond donors (Lipinski definition) is 0. The fourth-order valence-electron chi connectivity index (χ4n) is 4.59. The lowest BCUT2D eigenvalue weighted by atomic mass is 9.90. The molecule has 0 amide bonds. The number of rotatable bonds is 12. The molecular formula is C28H38F3NO. The number of anilines is 1. The highest BCUT2D eigenvalue weighted by Crippen LogP contribution is 2.29. The molecule has 2 aromatic carbocycles. The minimum absolute atomic E-state index is 0.0249. The van der Waals surface area contributed by atoms with Crippen LogP contribution in [0.4, 0.5) is 18.9 Å². The zero-order chi connectivity index (χ0) is 23.5. The molecule has 0 N–H and O–H groups in total. The van der Waals surface area contributed by atoms with Gasteiger partial charge in [0.05, 0.1) is 6.61 Å². The molecule has 1 aliphatic rings. The van der Waals surface area contributed by atoms with Gasteiger partial charge >= 0.3 is 6.18 Å². The molecule has 33 heavy (non-hydrogen) atoms. The Hall–Kier alpha value is -2.17. The van der Waals surface area contributed by atoms with Gasteiger partial charge in [-0.05, 0) is 60.6 Å². The molecular weight excluding hydrogens is 423 g/mol. The van der Waals surface area contributed by atoms with Crippen molar-refractivity contribution < 1.29 is 17.9 Å². The first-order valence-electron chi connectivity index (χ1n) is 12.6. The zero-order valence-corrected chi connectivity index (χ0v) is 19.9. The summed E-state index contributed by atoms with van der Waals surface area (Å²) in [6.45, 7) is 4.62. The van der Waals surface area contributed by atoms with Gasteiger partial charge in [-0.3, -0.25) is 0 Å². The molecule has 1 saturated heterocycles. The third kappa shape index (κ3) is 8.94. The predicted molar refractivity (Wildman–Crippen MR) is 131 cm³/mol. The molecule has 0 aliphatic carbocycles. The highest BCUT2D eigenvalue weighted by atomic mass is 19.4. The number of nitrogens with zero attached hydrogens (tertiary/aromatic N) is 1. The average molecular weight is 462 g/mol. The number of unbranched alkanes of at least 4 members (excludes halogenated alkanes) is 4. The number of halogens is 3. The van der Waals surface area contributed by atoms with E-state index in [9.17, 15) is 13.2 Å². The Morgan fingerprint density at radius 3 is 2.03 bits per heavy atom. The van der Waals surface area contributed by atoms with E-state index in [0.29, 0.717) is 5.75 Å². The van der Waals surface area contributed by atoms with Gasteiger partial charge in [-0.25, -0.2) is 0 Å². The normalized spacial score (nSPS) is 15.1. The summed E-state index contributed by atoms with van der Waals surface area (Å²) >= 11 is 0. The quantitative estimate of drug-likeness (QED) is 0.293. The Bertz CT molecular complexity index is 793. The van der Waals surface area contributed by atoms with E-state index in [1.54, 1.807) is 0 Å². The maximum Gasteiger partial charge on any atom is 0.389 e. The fourth-order valence-corrected chi connectivity index (χ4v) is 4.59. The smallest absolute Gasteiger partial charge is 0.389 e. The van der Waals surface area contributed by atoms with E-state index >= 15 is 0 Å². The molecule has 0 spiro atoms. The third-order valence-electron chi connectivity index (χ3n) is 6.62. The van der Waals surface area contributed by atoms with Crippen LogP contribution >= 0.6 is 0 Å². The predicted octanol–water partition coefficient (Wildman–Crippen LogP) is 8.65. The Morgan fingerprint density at radius 2 is 1.42 bits per heavy atom. The van der Waals surface area contributed by atoms with Gasteiger partial charge in [-0.2, -0.15) is 13.2 Å². The molecule has 0 atom stereocenters. The van der Waals surface area contributed by atoms with Crippen LogP contribution in [-0.4, -0.2) is 25.9 Å². The summed E-state index contributed by atoms with van der Waals surface area (Å²) < 4.78 is 42.1. The first-order chi connectivity index (χ1) is 15.9. The Balaban J connectivity index is 1.42. The second kappa shape index (κ2) is 12.9. The largest absolute Gasteiger partial charge is 0.494 e. The molecule has 0 aromatic heterocycles. The van der Waals surface area contributed by atoms with E-state index in [0.717, 1.165) is 30.1 Å². The highest BCUT2D eigenvalue weighted by molar-refractivity contribution is 5.67. The lowest BCUT2D eigenvalue weighted by Crippen LogP contribution is -2.33. The van der Waals surface area contributed by atoms with Crippen LogP contribution in [0.2, 0.25) is 0 Å².